The molecule has 2 heterocycles. The van der Waals surface area contributed by atoms with E-state index in [0.717, 1.165) is 0 Å². The first-order valence-corrected chi connectivity index (χ1v) is 3.32. The minimum atomic E-state index is -0.746. The number of nitrogens with one attached hydrogen (secondary N) is 1. The number of rotatable bonds is 0. The summed E-state index contributed by atoms with van der Waals surface area (Å²) in [5.41, 5.74) is -0.0143. The van der Waals surface area contributed by atoms with Gasteiger partial charge >= 0.3 is 6.03 Å². The molecule has 0 bridgehead atoms. The molecule has 0 saturated heterocycles. The van der Waals surface area contributed by atoms with Crippen LogP contribution in [0.3, 0.4) is 0 Å². The zero-order valence-electron chi connectivity index (χ0n) is 5.54. The summed E-state index contributed by atoms with van der Waals surface area (Å²) in [6, 6.07) is -0.746. The summed E-state index contributed by atoms with van der Waals surface area (Å²) in [6.07, 6.45) is 0. The zero-order valence-corrected chi connectivity index (χ0v) is 6.29. The maximum atomic E-state index is 11.0. The van der Waals surface area contributed by atoms with Gasteiger partial charge in [0.2, 0.25) is 5.29 Å². The fourth-order valence-corrected chi connectivity index (χ4v) is 0.983. The summed E-state index contributed by atoms with van der Waals surface area (Å²) in [7, 11) is 0. The molecular weight excluding hydrogens is 184 g/mol. The predicted molar refractivity (Wildman–Crippen MR) is 41.7 cm³/mol. The van der Waals surface area contributed by atoms with Crippen molar-refractivity contribution >= 4 is 40.4 Å². The van der Waals surface area contributed by atoms with Crippen LogP contribution in [0, 0.1) is 0 Å². The van der Waals surface area contributed by atoms with Gasteiger partial charge in [-0.15, -0.1) is 0 Å². The first-order chi connectivity index (χ1) is 5.66. The second-order valence-corrected chi connectivity index (χ2v) is 2.37. The molecule has 2 rings (SSSR count). The largest absolute Gasteiger partial charge is 0.350 e. The van der Waals surface area contributed by atoms with Crippen molar-refractivity contribution in [3.8, 4) is 0 Å². The van der Waals surface area contributed by atoms with Crippen LogP contribution < -0.4 is 5.32 Å². The first-order valence-electron chi connectivity index (χ1n) is 2.94. The minimum absolute atomic E-state index is 0.0143. The third-order valence-electron chi connectivity index (χ3n) is 1.26. The van der Waals surface area contributed by atoms with Crippen LogP contribution in [0.4, 0.5) is 4.79 Å². The molecule has 0 spiro atoms. The summed E-state index contributed by atoms with van der Waals surface area (Å²) in [6.45, 7) is 0. The highest BCUT2D eigenvalue weighted by atomic mass is 35.5. The lowest BCUT2D eigenvalue weighted by Crippen LogP contribution is -2.41. The van der Waals surface area contributed by atoms with Gasteiger partial charge in [-0.2, -0.15) is 9.98 Å². The number of urea groups is 1. The molecule has 2 aliphatic heterocycles. The summed E-state index contributed by atoms with van der Waals surface area (Å²) >= 11 is 5.39. The second kappa shape index (κ2) is 2.21. The summed E-state index contributed by atoms with van der Waals surface area (Å²) < 4.78 is 0. The molecule has 0 aromatic rings. The van der Waals surface area contributed by atoms with Gasteiger partial charge in [0.25, 0.3) is 5.91 Å². The van der Waals surface area contributed by atoms with Crippen molar-refractivity contribution in [2.75, 3.05) is 0 Å². The smallest absolute Gasteiger partial charge is 0.271 e. The van der Waals surface area contributed by atoms with E-state index in [1.54, 1.807) is 0 Å². The molecule has 0 atom stereocenters. The fraction of sp³-hybridized carbons (Fsp3) is 0. The molecule has 6 nitrogen and oxygen atoms in total. The van der Waals surface area contributed by atoms with Gasteiger partial charge in [-0.3, -0.25) is 10.1 Å². The van der Waals surface area contributed by atoms with Gasteiger partial charge < -0.3 is 0 Å². The number of amidine groups is 2. The molecule has 0 radical (unpaired) electrons. The number of hydrogen-bond acceptors (Lipinski definition) is 4. The number of hydrogen-bond donors (Lipinski definition) is 1. The Kier molecular flexibility index (Phi) is 1.31. The van der Waals surface area contributed by atoms with E-state index in [0.29, 0.717) is 0 Å². The lowest BCUT2D eigenvalue weighted by molar-refractivity contribution is -0.113. The second-order valence-electron chi connectivity index (χ2n) is 2.04. The van der Waals surface area contributed by atoms with Gasteiger partial charge in [0, 0.05) is 0 Å². The molecule has 7 heteroatoms. The molecule has 0 unspecified atom stereocenters. The van der Waals surface area contributed by atoms with E-state index in [1.165, 1.54) is 0 Å². The number of fused-ring (bicyclic) bond motifs is 1. The van der Waals surface area contributed by atoms with Crippen molar-refractivity contribution in [2.45, 2.75) is 0 Å². The molecule has 0 aromatic heterocycles. The van der Waals surface area contributed by atoms with E-state index in [1.807, 2.05) is 5.32 Å². The molecule has 0 aliphatic carbocycles. The molecule has 0 fully saturated rings. The van der Waals surface area contributed by atoms with E-state index in [-0.39, 0.29) is 16.8 Å². The van der Waals surface area contributed by atoms with Crippen LogP contribution in [0.25, 0.3) is 0 Å². The quantitative estimate of drug-likeness (QED) is 0.524. The monoisotopic (exact) mass is 184 g/mol. The van der Waals surface area contributed by atoms with Gasteiger partial charge in [0.1, 0.15) is 0 Å². The van der Waals surface area contributed by atoms with Gasteiger partial charge in [0.05, 0.1) is 0 Å². The molecule has 60 valence electrons. The highest BCUT2D eigenvalue weighted by Crippen LogP contribution is 2.06. The maximum Gasteiger partial charge on any atom is 0.350 e. The van der Waals surface area contributed by atoms with Crippen LogP contribution >= 0.6 is 11.6 Å². The molecule has 3 amide bonds. The van der Waals surface area contributed by atoms with E-state index in [2.05, 4.69) is 15.0 Å². The van der Waals surface area contributed by atoms with Crippen molar-refractivity contribution in [3.63, 3.8) is 0 Å². The van der Waals surface area contributed by atoms with Crippen molar-refractivity contribution in [2.24, 2.45) is 15.0 Å². The van der Waals surface area contributed by atoms with E-state index >= 15 is 0 Å². The van der Waals surface area contributed by atoms with Gasteiger partial charge in [-0.05, 0) is 11.6 Å². The van der Waals surface area contributed by atoms with Crippen LogP contribution in [0.15, 0.2) is 15.0 Å². The van der Waals surface area contributed by atoms with Gasteiger partial charge in [0.15, 0.2) is 11.5 Å². The first kappa shape index (κ1) is 7.11. The van der Waals surface area contributed by atoms with Crippen molar-refractivity contribution in [1.82, 2.24) is 5.32 Å². The van der Waals surface area contributed by atoms with Crippen molar-refractivity contribution in [1.29, 1.82) is 0 Å². The summed E-state index contributed by atoms with van der Waals surface area (Å²) in [5.74, 6) is -0.641. The third kappa shape index (κ3) is 0.928. The molecule has 2 aliphatic rings. The van der Waals surface area contributed by atoms with Crippen LogP contribution in [-0.4, -0.2) is 28.8 Å². The Morgan fingerprint density at radius 1 is 1.17 bits per heavy atom. The average molecular weight is 185 g/mol. The number of carbonyl (C=O) groups excluding carboxylic acids is 2. The van der Waals surface area contributed by atoms with Gasteiger partial charge in [-0.1, -0.05) is 0 Å². The lowest BCUT2D eigenvalue weighted by Gasteiger charge is -2.05. The van der Waals surface area contributed by atoms with Crippen LogP contribution in [-0.2, 0) is 4.79 Å². The minimum Gasteiger partial charge on any atom is -0.271 e. The van der Waals surface area contributed by atoms with Crippen LogP contribution in [0.1, 0.15) is 0 Å². The van der Waals surface area contributed by atoms with E-state index < -0.39 is 11.9 Å². The SMILES string of the molecule is O=C1N=C2N=C(Cl)N=C2C(=O)N1. The number of carbonyl (C=O) groups is 2. The Hall–Kier alpha value is -1.56. The van der Waals surface area contributed by atoms with Crippen LogP contribution in [0.5, 0.6) is 0 Å². The number of halogens is 1. The lowest BCUT2D eigenvalue weighted by atomic mass is 10.3. The van der Waals surface area contributed by atoms with Crippen LogP contribution in [0.2, 0.25) is 0 Å². The van der Waals surface area contributed by atoms with E-state index in [4.69, 9.17) is 11.6 Å². The normalized spacial score (nSPS) is 20.9. The van der Waals surface area contributed by atoms with Crippen molar-refractivity contribution in [3.05, 3.63) is 0 Å². The fourth-order valence-electron chi connectivity index (χ4n) is 0.818. The number of nitrogens with zero attached hydrogens (tertiary/aromatic N) is 3. The van der Waals surface area contributed by atoms with E-state index in [9.17, 15) is 9.59 Å². The zero-order chi connectivity index (χ0) is 8.72. The Morgan fingerprint density at radius 2 is 1.92 bits per heavy atom. The third-order valence-corrected chi connectivity index (χ3v) is 1.43. The maximum absolute atomic E-state index is 11.0. The molecule has 12 heavy (non-hydrogen) atoms. The summed E-state index contributed by atoms with van der Waals surface area (Å²) in [5, 5.41) is 1.85. The Labute approximate surface area is 71.0 Å². The highest BCUT2D eigenvalue weighted by Gasteiger charge is 2.30. The molecule has 1 N–H and O–H groups in total. The molecule has 0 saturated carbocycles. The predicted octanol–water partition coefficient (Wildman–Crippen LogP) is -0.316. The topological polar surface area (TPSA) is 83.2 Å². The molecular formula is C5HClN4O2. The molecule has 0 aromatic carbocycles. The number of imide groups is 1. The average Bonchev–Trinajstić information content (AvgIpc) is 2.29. The highest BCUT2D eigenvalue weighted by molar-refractivity contribution is 6.79. The van der Waals surface area contributed by atoms with Crippen molar-refractivity contribution < 1.29 is 9.59 Å². The number of aliphatic imine (C=N–C) groups is 3. The Morgan fingerprint density at radius 3 is 2.67 bits per heavy atom. The van der Waals surface area contributed by atoms with Gasteiger partial charge in [-0.25, -0.2) is 9.79 Å². The Balaban J connectivity index is 2.53. The standard InChI is InChI=1S/C5HClN4O2/c6-4-7-1-2(8-4)9-5(12)10-3(1)11/h(H,10,11,12). The Bertz CT molecular complexity index is 381. The summed E-state index contributed by atoms with van der Waals surface area (Å²) in [4.78, 5) is 32.1. The number of amides is 3.